The number of benzene rings is 1. The van der Waals surface area contributed by atoms with Gasteiger partial charge in [0.1, 0.15) is 0 Å². The average molecular weight is 308 g/mol. The number of nitrogens with two attached hydrogens (primary N) is 1. The lowest BCUT2D eigenvalue weighted by Crippen LogP contribution is -2.40. The second-order valence-corrected chi connectivity index (χ2v) is 6.81. The Balaban J connectivity index is 2.20. The zero-order valence-electron chi connectivity index (χ0n) is 12.1. The maximum Gasteiger partial charge on any atom is 0.243 e. The van der Waals surface area contributed by atoms with Gasteiger partial charge in [0, 0.05) is 25.8 Å². The first-order valence-corrected chi connectivity index (χ1v) is 8.34. The molecule has 0 radical (unpaired) electrons. The second-order valence-electron chi connectivity index (χ2n) is 4.87. The Labute approximate surface area is 126 Å². The van der Waals surface area contributed by atoms with Crippen molar-refractivity contribution in [3.8, 4) is 11.8 Å². The molecule has 1 aromatic rings. The summed E-state index contributed by atoms with van der Waals surface area (Å²) in [6.07, 6.45) is 1.60. The smallest absolute Gasteiger partial charge is 0.243 e. The van der Waals surface area contributed by atoms with Gasteiger partial charge in [-0.3, -0.25) is 0 Å². The maximum atomic E-state index is 12.6. The standard InChI is InChI=1S/C15H20N2O3S/c1-20-14-7-10-17(11-8-14)21(18,19)15-6-2-4-13(12-15)5-3-9-16/h2,4,6,12,14H,7-11,16H2,1H3. The lowest BCUT2D eigenvalue weighted by molar-refractivity contribution is 0.0604. The molecule has 0 unspecified atom stereocenters. The third-order valence-electron chi connectivity index (χ3n) is 3.54. The molecule has 5 nitrogen and oxygen atoms in total. The first-order chi connectivity index (χ1) is 10.1. The van der Waals surface area contributed by atoms with E-state index in [-0.39, 0.29) is 17.5 Å². The summed E-state index contributed by atoms with van der Waals surface area (Å²) in [5.41, 5.74) is 5.99. The molecule has 2 rings (SSSR count). The third kappa shape index (κ3) is 3.83. The van der Waals surface area contributed by atoms with Crippen LogP contribution >= 0.6 is 0 Å². The Bertz CT molecular complexity index is 638. The molecule has 6 heteroatoms. The number of hydrogen-bond acceptors (Lipinski definition) is 4. The minimum absolute atomic E-state index is 0.151. The van der Waals surface area contributed by atoms with Gasteiger partial charge < -0.3 is 10.5 Å². The summed E-state index contributed by atoms with van der Waals surface area (Å²) in [6, 6.07) is 6.68. The highest BCUT2D eigenvalue weighted by Gasteiger charge is 2.29. The van der Waals surface area contributed by atoms with Crippen molar-refractivity contribution < 1.29 is 13.2 Å². The Morgan fingerprint density at radius 3 is 2.71 bits per heavy atom. The van der Waals surface area contributed by atoms with Gasteiger partial charge in [-0.2, -0.15) is 4.31 Å². The highest BCUT2D eigenvalue weighted by Crippen LogP contribution is 2.22. The molecule has 1 aliphatic heterocycles. The third-order valence-corrected chi connectivity index (χ3v) is 5.44. The average Bonchev–Trinajstić information content (AvgIpc) is 2.53. The number of methoxy groups -OCH3 is 1. The second kappa shape index (κ2) is 7.05. The van der Waals surface area contributed by atoms with Gasteiger partial charge >= 0.3 is 0 Å². The quantitative estimate of drug-likeness (QED) is 0.838. The van der Waals surface area contributed by atoms with Crippen molar-refractivity contribution in [3.05, 3.63) is 29.8 Å². The van der Waals surface area contributed by atoms with Gasteiger partial charge in [-0.25, -0.2) is 8.42 Å². The van der Waals surface area contributed by atoms with Crippen molar-refractivity contribution in [2.45, 2.75) is 23.8 Å². The van der Waals surface area contributed by atoms with Crippen molar-refractivity contribution in [1.82, 2.24) is 4.31 Å². The van der Waals surface area contributed by atoms with Crippen LogP contribution in [0.4, 0.5) is 0 Å². The van der Waals surface area contributed by atoms with Gasteiger partial charge in [-0.15, -0.1) is 0 Å². The maximum absolute atomic E-state index is 12.6. The molecule has 1 aromatic carbocycles. The SMILES string of the molecule is COC1CCN(S(=O)(=O)c2cccc(C#CCN)c2)CC1. The van der Waals surface area contributed by atoms with Crippen LogP contribution in [-0.4, -0.2) is 45.6 Å². The molecule has 114 valence electrons. The monoisotopic (exact) mass is 308 g/mol. The summed E-state index contributed by atoms with van der Waals surface area (Å²) in [5.74, 6) is 5.59. The van der Waals surface area contributed by atoms with E-state index in [0.717, 1.165) is 12.8 Å². The van der Waals surface area contributed by atoms with Crippen LogP contribution in [0.15, 0.2) is 29.2 Å². The van der Waals surface area contributed by atoms with Crippen LogP contribution < -0.4 is 5.73 Å². The number of sulfonamides is 1. The number of nitrogens with zero attached hydrogens (tertiary/aromatic N) is 1. The van der Waals surface area contributed by atoms with E-state index in [1.54, 1.807) is 31.4 Å². The van der Waals surface area contributed by atoms with Crippen LogP contribution in [0.2, 0.25) is 0 Å². The number of ether oxygens (including phenoxy) is 1. The van der Waals surface area contributed by atoms with Gasteiger partial charge in [0.05, 0.1) is 17.5 Å². The predicted molar refractivity (Wildman–Crippen MR) is 81.2 cm³/mol. The van der Waals surface area contributed by atoms with Crippen LogP contribution in [0.1, 0.15) is 18.4 Å². The van der Waals surface area contributed by atoms with E-state index >= 15 is 0 Å². The molecule has 1 aliphatic rings. The summed E-state index contributed by atoms with van der Waals surface area (Å²) < 4.78 is 32.0. The Kier molecular flexibility index (Phi) is 5.37. The number of rotatable bonds is 3. The van der Waals surface area contributed by atoms with Crippen LogP contribution in [-0.2, 0) is 14.8 Å². The van der Waals surface area contributed by atoms with E-state index in [2.05, 4.69) is 11.8 Å². The highest BCUT2D eigenvalue weighted by molar-refractivity contribution is 7.89. The van der Waals surface area contributed by atoms with E-state index in [9.17, 15) is 8.42 Å². The van der Waals surface area contributed by atoms with Crippen molar-refractivity contribution in [2.24, 2.45) is 5.73 Å². The van der Waals surface area contributed by atoms with E-state index < -0.39 is 10.0 Å². The molecule has 0 bridgehead atoms. The largest absolute Gasteiger partial charge is 0.381 e. The number of hydrogen-bond donors (Lipinski definition) is 1. The fourth-order valence-electron chi connectivity index (χ4n) is 2.34. The molecule has 1 fully saturated rings. The molecule has 0 atom stereocenters. The van der Waals surface area contributed by atoms with E-state index in [0.29, 0.717) is 18.7 Å². The van der Waals surface area contributed by atoms with Crippen LogP contribution in [0.5, 0.6) is 0 Å². The topological polar surface area (TPSA) is 72.6 Å². The lowest BCUT2D eigenvalue weighted by atomic mass is 10.1. The number of piperidine rings is 1. The molecule has 0 spiro atoms. The molecule has 1 heterocycles. The van der Waals surface area contributed by atoms with Gasteiger partial charge in [0.15, 0.2) is 0 Å². The molecular formula is C15H20N2O3S. The molecule has 21 heavy (non-hydrogen) atoms. The van der Waals surface area contributed by atoms with Crippen molar-refractivity contribution in [3.63, 3.8) is 0 Å². The van der Waals surface area contributed by atoms with Gasteiger partial charge in [0.25, 0.3) is 0 Å². The van der Waals surface area contributed by atoms with Gasteiger partial charge in [-0.05, 0) is 31.0 Å². The minimum atomic E-state index is -3.46. The Hall–Kier alpha value is -1.39. The summed E-state index contributed by atoms with van der Waals surface area (Å²) in [6.45, 7) is 1.22. The van der Waals surface area contributed by atoms with E-state index in [1.807, 2.05) is 0 Å². The van der Waals surface area contributed by atoms with E-state index in [4.69, 9.17) is 10.5 Å². The lowest BCUT2D eigenvalue weighted by Gasteiger charge is -2.30. The van der Waals surface area contributed by atoms with Gasteiger partial charge in [0.2, 0.25) is 10.0 Å². The van der Waals surface area contributed by atoms with Crippen molar-refractivity contribution in [1.29, 1.82) is 0 Å². The summed E-state index contributed by atoms with van der Waals surface area (Å²) in [7, 11) is -1.80. The molecule has 2 N–H and O–H groups in total. The van der Waals surface area contributed by atoms with Gasteiger partial charge in [-0.1, -0.05) is 17.9 Å². The first kappa shape index (κ1) is 16.0. The molecule has 0 aliphatic carbocycles. The highest BCUT2D eigenvalue weighted by atomic mass is 32.2. The zero-order chi connectivity index (χ0) is 15.3. The fraction of sp³-hybridized carbons (Fsp3) is 0.467. The molecule has 0 saturated carbocycles. The predicted octanol–water partition coefficient (Wildman–Crippen LogP) is 0.796. The molecule has 0 aromatic heterocycles. The fourth-order valence-corrected chi connectivity index (χ4v) is 3.86. The normalized spacial score (nSPS) is 17.2. The van der Waals surface area contributed by atoms with Crippen molar-refractivity contribution in [2.75, 3.05) is 26.7 Å². The van der Waals surface area contributed by atoms with E-state index in [1.165, 1.54) is 4.31 Å². The van der Waals surface area contributed by atoms with Crippen LogP contribution in [0.3, 0.4) is 0 Å². The molecule has 0 amide bonds. The van der Waals surface area contributed by atoms with Crippen molar-refractivity contribution >= 4 is 10.0 Å². The van der Waals surface area contributed by atoms with Crippen LogP contribution in [0.25, 0.3) is 0 Å². The Morgan fingerprint density at radius 1 is 1.38 bits per heavy atom. The molecular weight excluding hydrogens is 288 g/mol. The summed E-state index contributed by atoms with van der Waals surface area (Å²) >= 11 is 0. The zero-order valence-corrected chi connectivity index (χ0v) is 12.9. The summed E-state index contributed by atoms with van der Waals surface area (Å²) in [4.78, 5) is 0.280. The first-order valence-electron chi connectivity index (χ1n) is 6.90. The molecule has 1 saturated heterocycles. The van der Waals surface area contributed by atoms with Crippen LogP contribution in [0, 0.1) is 11.8 Å². The Morgan fingerprint density at radius 2 is 2.10 bits per heavy atom. The minimum Gasteiger partial charge on any atom is -0.381 e. The summed E-state index contributed by atoms with van der Waals surface area (Å²) in [5, 5.41) is 0.